The van der Waals surface area contributed by atoms with Crippen LogP contribution < -0.4 is 10.1 Å². The Balaban J connectivity index is 1.72. The van der Waals surface area contributed by atoms with Gasteiger partial charge in [0.25, 0.3) is 0 Å². The molecule has 1 aromatic heterocycles. The Morgan fingerprint density at radius 2 is 2.29 bits per heavy atom. The lowest BCUT2D eigenvalue weighted by Crippen LogP contribution is -2.23. The number of benzene rings is 1. The first-order chi connectivity index (χ1) is 10.4. The number of aromatic nitrogens is 3. The highest BCUT2D eigenvalue weighted by Crippen LogP contribution is 2.34. The number of para-hydroxylation sites is 1. The number of fused-ring (bicyclic) bond motifs is 1. The number of hydrogen-bond acceptors (Lipinski definition) is 4. The van der Waals surface area contributed by atoms with Crippen LogP contribution in [0.15, 0.2) is 30.6 Å². The number of ether oxygens (including phenoxy) is 1. The lowest BCUT2D eigenvalue weighted by molar-refractivity contribution is 0.255. The van der Waals surface area contributed by atoms with Crippen molar-refractivity contribution in [1.82, 2.24) is 20.1 Å². The summed E-state index contributed by atoms with van der Waals surface area (Å²) >= 11 is 0. The average Bonchev–Trinajstić information content (AvgIpc) is 2.95. The number of nitrogens with one attached hydrogen (secondary N) is 1. The second-order valence-electron chi connectivity index (χ2n) is 5.41. The summed E-state index contributed by atoms with van der Waals surface area (Å²) in [6.45, 7) is 5.59. The highest BCUT2D eigenvalue weighted by Gasteiger charge is 2.22. The molecule has 1 aliphatic heterocycles. The molecule has 0 spiro atoms. The summed E-state index contributed by atoms with van der Waals surface area (Å²) in [4.78, 5) is 4.37. The predicted octanol–water partition coefficient (Wildman–Crippen LogP) is 2.34. The van der Waals surface area contributed by atoms with E-state index in [2.05, 4.69) is 34.5 Å². The molecule has 1 aromatic carbocycles. The zero-order valence-electron chi connectivity index (χ0n) is 12.5. The van der Waals surface area contributed by atoms with Crippen molar-refractivity contribution in [2.45, 2.75) is 38.8 Å². The molecule has 5 nitrogen and oxygen atoms in total. The van der Waals surface area contributed by atoms with Crippen LogP contribution >= 0.6 is 0 Å². The van der Waals surface area contributed by atoms with E-state index in [1.54, 1.807) is 6.33 Å². The zero-order chi connectivity index (χ0) is 14.5. The standard InChI is InChI=1S/C16H22N4O/c1-2-8-17-10-16-18-12-19-20(16)11-13-7-9-21-15-6-4-3-5-14(13)15/h3-6,12-13,17H,2,7-11H2,1H3. The van der Waals surface area contributed by atoms with Gasteiger partial charge in [0.05, 0.1) is 19.7 Å². The Morgan fingerprint density at radius 1 is 1.38 bits per heavy atom. The summed E-state index contributed by atoms with van der Waals surface area (Å²) in [6.07, 6.45) is 3.80. The maximum absolute atomic E-state index is 5.72. The minimum Gasteiger partial charge on any atom is -0.493 e. The summed E-state index contributed by atoms with van der Waals surface area (Å²) in [5.41, 5.74) is 1.28. The third kappa shape index (κ3) is 3.24. The second-order valence-corrected chi connectivity index (χ2v) is 5.41. The summed E-state index contributed by atoms with van der Waals surface area (Å²) in [5.74, 6) is 2.47. The first-order valence-corrected chi connectivity index (χ1v) is 7.67. The molecular formula is C16H22N4O. The van der Waals surface area contributed by atoms with Crippen molar-refractivity contribution in [3.8, 4) is 5.75 Å². The van der Waals surface area contributed by atoms with Gasteiger partial charge in [-0.25, -0.2) is 9.67 Å². The minimum atomic E-state index is 0.446. The van der Waals surface area contributed by atoms with Crippen molar-refractivity contribution < 1.29 is 4.74 Å². The van der Waals surface area contributed by atoms with Gasteiger partial charge in [-0.3, -0.25) is 0 Å². The fourth-order valence-electron chi connectivity index (χ4n) is 2.77. The van der Waals surface area contributed by atoms with Gasteiger partial charge in [-0.2, -0.15) is 5.10 Å². The highest BCUT2D eigenvalue weighted by atomic mass is 16.5. The Labute approximate surface area is 125 Å². The average molecular weight is 286 g/mol. The van der Waals surface area contributed by atoms with E-state index in [1.807, 2.05) is 16.8 Å². The maximum atomic E-state index is 5.72. The molecule has 1 aliphatic rings. The normalized spacial score (nSPS) is 17.3. The summed E-state index contributed by atoms with van der Waals surface area (Å²) in [6, 6.07) is 8.31. The number of rotatable bonds is 6. The van der Waals surface area contributed by atoms with Gasteiger partial charge in [0.1, 0.15) is 17.9 Å². The third-order valence-corrected chi connectivity index (χ3v) is 3.88. The van der Waals surface area contributed by atoms with Gasteiger partial charge in [-0.1, -0.05) is 25.1 Å². The SMILES string of the molecule is CCCNCc1ncnn1CC1CCOc2ccccc21. The Bertz CT molecular complexity index is 581. The summed E-state index contributed by atoms with van der Waals surface area (Å²) < 4.78 is 7.75. The van der Waals surface area contributed by atoms with Crippen LogP contribution in [0, 0.1) is 0 Å². The number of nitrogens with zero attached hydrogens (tertiary/aromatic N) is 3. The Morgan fingerprint density at radius 3 is 3.19 bits per heavy atom. The van der Waals surface area contributed by atoms with E-state index in [9.17, 15) is 0 Å². The van der Waals surface area contributed by atoms with Crippen molar-refractivity contribution in [3.05, 3.63) is 42.0 Å². The Kier molecular flexibility index (Phi) is 4.50. The van der Waals surface area contributed by atoms with Crippen LogP contribution in [-0.2, 0) is 13.1 Å². The molecule has 0 bridgehead atoms. The van der Waals surface area contributed by atoms with Crippen LogP contribution in [0.4, 0.5) is 0 Å². The molecule has 2 aromatic rings. The van der Waals surface area contributed by atoms with Gasteiger partial charge >= 0.3 is 0 Å². The van der Waals surface area contributed by atoms with E-state index < -0.39 is 0 Å². The van der Waals surface area contributed by atoms with Crippen molar-refractivity contribution in [2.75, 3.05) is 13.2 Å². The van der Waals surface area contributed by atoms with E-state index in [-0.39, 0.29) is 0 Å². The minimum absolute atomic E-state index is 0.446. The van der Waals surface area contributed by atoms with E-state index in [1.165, 1.54) is 5.56 Å². The molecule has 0 saturated carbocycles. The van der Waals surface area contributed by atoms with E-state index >= 15 is 0 Å². The van der Waals surface area contributed by atoms with Gasteiger partial charge in [0.15, 0.2) is 0 Å². The quantitative estimate of drug-likeness (QED) is 0.828. The maximum Gasteiger partial charge on any atom is 0.140 e. The summed E-state index contributed by atoms with van der Waals surface area (Å²) in [5, 5.41) is 7.77. The van der Waals surface area contributed by atoms with Gasteiger partial charge in [0.2, 0.25) is 0 Å². The zero-order valence-corrected chi connectivity index (χ0v) is 12.5. The van der Waals surface area contributed by atoms with Gasteiger partial charge in [-0.15, -0.1) is 0 Å². The summed E-state index contributed by atoms with van der Waals surface area (Å²) in [7, 11) is 0. The van der Waals surface area contributed by atoms with Crippen LogP contribution in [-0.4, -0.2) is 27.9 Å². The molecule has 3 rings (SSSR count). The molecule has 1 N–H and O–H groups in total. The molecule has 1 atom stereocenters. The largest absolute Gasteiger partial charge is 0.493 e. The predicted molar refractivity (Wildman–Crippen MR) is 81.3 cm³/mol. The van der Waals surface area contributed by atoms with Crippen LogP contribution in [0.25, 0.3) is 0 Å². The second kappa shape index (κ2) is 6.72. The van der Waals surface area contributed by atoms with Gasteiger partial charge < -0.3 is 10.1 Å². The molecule has 2 heterocycles. The Hall–Kier alpha value is -1.88. The molecule has 112 valence electrons. The van der Waals surface area contributed by atoms with Gasteiger partial charge in [-0.05, 0) is 31.0 Å². The molecule has 0 saturated heterocycles. The molecule has 21 heavy (non-hydrogen) atoms. The third-order valence-electron chi connectivity index (χ3n) is 3.88. The lowest BCUT2D eigenvalue weighted by atomic mass is 9.93. The molecule has 1 unspecified atom stereocenters. The molecule has 0 amide bonds. The monoisotopic (exact) mass is 286 g/mol. The molecule has 0 aliphatic carbocycles. The first-order valence-electron chi connectivity index (χ1n) is 7.67. The smallest absolute Gasteiger partial charge is 0.140 e. The molecule has 0 radical (unpaired) electrons. The van der Waals surface area contributed by atoms with Gasteiger partial charge in [0, 0.05) is 5.92 Å². The topological polar surface area (TPSA) is 52.0 Å². The first kappa shape index (κ1) is 14.1. The van der Waals surface area contributed by atoms with Crippen LogP contribution in [0.1, 0.15) is 37.1 Å². The lowest BCUT2D eigenvalue weighted by Gasteiger charge is -2.26. The fourth-order valence-corrected chi connectivity index (χ4v) is 2.77. The van der Waals surface area contributed by atoms with Crippen LogP contribution in [0.5, 0.6) is 5.75 Å². The number of hydrogen-bond donors (Lipinski definition) is 1. The van der Waals surface area contributed by atoms with Crippen molar-refractivity contribution in [1.29, 1.82) is 0 Å². The van der Waals surface area contributed by atoms with Crippen molar-refractivity contribution in [2.24, 2.45) is 0 Å². The molecule has 5 heteroatoms. The van der Waals surface area contributed by atoms with E-state index in [0.717, 1.165) is 50.7 Å². The van der Waals surface area contributed by atoms with Crippen LogP contribution in [0.2, 0.25) is 0 Å². The van der Waals surface area contributed by atoms with Crippen LogP contribution in [0.3, 0.4) is 0 Å². The highest BCUT2D eigenvalue weighted by molar-refractivity contribution is 5.37. The van der Waals surface area contributed by atoms with Crippen molar-refractivity contribution >= 4 is 0 Å². The van der Waals surface area contributed by atoms with Crippen molar-refractivity contribution in [3.63, 3.8) is 0 Å². The fraction of sp³-hybridized carbons (Fsp3) is 0.500. The molecule has 0 fully saturated rings. The molecular weight excluding hydrogens is 264 g/mol. The van der Waals surface area contributed by atoms with E-state index in [4.69, 9.17) is 4.74 Å². The van der Waals surface area contributed by atoms with E-state index in [0.29, 0.717) is 5.92 Å².